The summed E-state index contributed by atoms with van der Waals surface area (Å²) in [6.45, 7) is 5.56. The molecular formula is C15H19ClFNO3S. The zero-order valence-electron chi connectivity index (χ0n) is 12.7. The fourth-order valence-corrected chi connectivity index (χ4v) is 2.92. The molecule has 1 N–H and O–H groups in total. The largest absolute Gasteiger partial charge is 0.465 e. The number of carbonyl (C=O) groups is 2. The van der Waals surface area contributed by atoms with Gasteiger partial charge in [0.05, 0.1) is 17.3 Å². The molecule has 22 heavy (non-hydrogen) atoms. The van der Waals surface area contributed by atoms with Gasteiger partial charge in [-0.3, -0.25) is 9.59 Å². The molecule has 1 amide bonds. The molecule has 0 radical (unpaired) electrons. The van der Waals surface area contributed by atoms with Gasteiger partial charge in [-0.25, -0.2) is 4.39 Å². The van der Waals surface area contributed by atoms with Crippen molar-refractivity contribution in [3.63, 3.8) is 0 Å². The molecule has 0 fully saturated rings. The van der Waals surface area contributed by atoms with Crippen LogP contribution in [0.15, 0.2) is 17.0 Å². The second kappa shape index (κ2) is 9.00. The predicted octanol–water partition coefficient (Wildman–Crippen LogP) is 4.26. The lowest BCUT2D eigenvalue weighted by molar-refractivity contribution is -0.142. The molecule has 0 spiro atoms. The van der Waals surface area contributed by atoms with Gasteiger partial charge in [-0.2, -0.15) is 0 Å². The summed E-state index contributed by atoms with van der Waals surface area (Å²) in [5.41, 5.74) is 0.0532. The summed E-state index contributed by atoms with van der Waals surface area (Å²) in [5, 5.41) is 2.23. The van der Waals surface area contributed by atoms with Crippen LogP contribution in [0.1, 0.15) is 33.6 Å². The van der Waals surface area contributed by atoms with Crippen molar-refractivity contribution in [3.8, 4) is 0 Å². The number of ether oxygens (including phenoxy) is 1. The number of benzene rings is 1. The van der Waals surface area contributed by atoms with E-state index in [1.807, 2.05) is 6.92 Å². The number of carbonyl (C=O) groups excluding carboxylic acids is 2. The van der Waals surface area contributed by atoms with E-state index in [2.05, 4.69) is 5.32 Å². The summed E-state index contributed by atoms with van der Waals surface area (Å²) < 4.78 is 18.8. The van der Waals surface area contributed by atoms with Crippen molar-refractivity contribution in [2.45, 2.75) is 43.8 Å². The predicted molar refractivity (Wildman–Crippen MR) is 86.9 cm³/mol. The van der Waals surface area contributed by atoms with Crippen LogP contribution in [0, 0.1) is 5.82 Å². The smallest absolute Gasteiger partial charge is 0.319 e. The first-order valence-corrected chi connectivity index (χ1v) is 8.30. The van der Waals surface area contributed by atoms with Crippen molar-refractivity contribution in [1.82, 2.24) is 0 Å². The summed E-state index contributed by atoms with van der Waals surface area (Å²) in [6.07, 6.45) is 0.790. The van der Waals surface area contributed by atoms with E-state index in [0.29, 0.717) is 17.9 Å². The van der Waals surface area contributed by atoms with E-state index in [9.17, 15) is 14.0 Å². The molecule has 7 heteroatoms. The molecule has 0 aromatic heterocycles. The first kappa shape index (κ1) is 18.8. The molecule has 1 aromatic rings. The van der Waals surface area contributed by atoms with Gasteiger partial charge in [0, 0.05) is 11.3 Å². The lowest BCUT2D eigenvalue weighted by atomic mass is 10.3. The maximum atomic E-state index is 13.8. The second-order valence-electron chi connectivity index (χ2n) is 4.43. The third-order valence-electron chi connectivity index (χ3n) is 2.81. The molecule has 122 valence electrons. The van der Waals surface area contributed by atoms with Crippen LogP contribution in [-0.2, 0) is 14.3 Å². The van der Waals surface area contributed by atoms with Crippen molar-refractivity contribution in [1.29, 1.82) is 0 Å². The SMILES string of the molecule is CCOC(=O)C(CC)Sc1cc(NC(=O)CC)c(F)cc1Cl. The summed E-state index contributed by atoms with van der Waals surface area (Å²) in [5.74, 6) is -1.25. The topological polar surface area (TPSA) is 55.4 Å². The molecule has 0 bridgehead atoms. The monoisotopic (exact) mass is 347 g/mol. The van der Waals surface area contributed by atoms with E-state index < -0.39 is 11.1 Å². The zero-order valence-corrected chi connectivity index (χ0v) is 14.3. The van der Waals surface area contributed by atoms with E-state index in [-0.39, 0.29) is 29.0 Å². The van der Waals surface area contributed by atoms with E-state index in [1.165, 1.54) is 17.8 Å². The first-order valence-electron chi connectivity index (χ1n) is 7.05. The first-order chi connectivity index (χ1) is 10.4. The van der Waals surface area contributed by atoms with E-state index >= 15 is 0 Å². The molecule has 0 heterocycles. The Morgan fingerprint density at radius 2 is 2.05 bits per heavy atom. The van der Waals surface area contributed by atoms with Gasteiger partial charge in [0.2, 0.25) is 5.91 Å². The summed E-state index contributed by atoms with van der Waals surface area (Å²) in [4.78, 5) is 23.8. The minimum atomic E-state index is -0.611. The Hall–Kier alpha value is -1.27. The maximum Gasteiger partial charge on any atom is 0.319 e. The van der Waals surface area contributed by atoms with Crippen molar-refractivity contribution in [2.24, 2.45) is 0 Å². The fraction of sp³-hybridized carbons (Fsp3) is 0.467. The highest BCUT2D eigenvalue weighted by molar-refractivity contribution is 8.00. The highest BCUT2D eigenvalue weighted by Crippen LogP contribution is 2.35. The molecule has 0 saturated carbocycles. The molecule has 1 rings (SSSR count). The molecule has 0 aliphatic carbocycles. The van der Waals surface area contributed by atoms with Gasteiger partial charge >= 0.3 is 5.97 Å². The highest BCUT2D eigenvalue weighted by atomic mass is 35.5. The van der Waals surface area contributed by atoms with Crippen LogP contribution in [0.25, 0.3) is 0 Å². The quantitative estimate of drug-likeness (QED) is 0.591. The minimum absolute atomic E-state index is 0.0532. The summed E-state index contributed by atoms with van der Waals surface area (Å²) in [6, 6.07) is 2.57. The highest BCUT2D eigenvalue weighted by Gasteiger charge is 2.21. The van der Waals surface area contributed by atoms with Crippen LogP contribution in [-0.4, -0.2) is 23.7 Å². The van der Waals surface area contributed by atoms with E-state index in [4.69, 9.17) is 16.3 Å². The third-order valence-corrected chi connectivity index (χ3v) is 4.63. The lowest BCUT2D eigenvalue weighted by Gasteiger charge is -2.15. The standard InChI is InChI=1S/C15H19ClFNO3S/c1-4-12(15(20)21-6-3)22-13-8-11(18-14(19)5-2)10(17)7-9(13)16/h7-8,12H,4-6H2,1-3H3,(H,18,19). The molecule has 0 aliphatic rings. The minimum Gasteiger partial charge on any atom is -0.465 e. The number of nitrogens with one attached hydrogen (secondary N) is 1. The Labute approximate surface area is 138 Å². The average molecular weight is 348 g/mol. The van der Waals surface area contributed by atoms with Gasteiger partial charge in [0.1, 0.15) is 11.1 Å². The number of hydrogen-bond acceptors (Lipinski definition) is 4. The Morgan fingerprint density at radius 3 is 2.59 bits per heavy atom. The molecular weight excluding hydrogens is 329 g/mol. The van der Waals surface area contributed by atoms with Crippen LogP contribution in [0.2, 0.25) is 5.02 Å². The van der Waals surface area contributed by atoms with Crippen LogP contribution in [0.4, 0.5) is 10.1 Å². The Bertz CT molecular complexity index is 554. The van der Waals surface area contributed by atoms with Crippen molar-refractivity contribution >= 4 is 40.9 Å². The number of amides is 1. The summed E-state index contributed by atoms with van der Waals surface area (Å²) >= 11 is 7.23. The van der Waals surface area contributed by atoms with Crippen LogP contribution < -0.4 is 5.32 Å². The maximum absolute atomic E-state index is 13.8. The zero-order chi connectivity index (χ0) is 16.7. The fourth-order valence-electron chi connectivity index (χ4n) is 1.64. The second-order valence-corrected chi connectivity index (χ2v) is 6.08. The van der Waals surface area contributed by atoms with Crippen molar-refractivity contribution in [2.75, 3.05) is 11.9 Å². The number of thioether (sulfide) groups is 1. The van der Waals surface area contributed by atoms with Crippen molar-refractivity contribution in [3.05, 3.63) is 23.0 Å². The molecule has 4 nitrogen and oxygen atoms in total. The van der Waals surface area contributed by atoms with Gasteiger partial charge in [-0.1, -0.05) is 25.4 Å². The van der Waals surface area contributed by atoms with Gasteiger partial charge < -0.3 is 10.1 Å². The Kier molecular flexibility index (Phi) is 7.68. The third kappa shape index (κ3) is 5.18. The van der Waals surface area contributed by atoms with Gasteiger partial charge in [-0.05, 0) is 25.5 Å². The molecule has 1 atom stereocenters. The summed E-state index contributed by atoms with van der Waals surface area (Å²) in [7, 11) is 0. The van der Waals surface area contributed by atoms with Gasteiger partial charge in [0.25, 0.3) is 0 Å². The Morgan fingerprint density at radius 1 is 1.36 bits per heavy atom. The Balaban J connectivity index is 3.00. The molecule has 1 unspecified atom stereocenters. The number of halogens is 2. The van der Waals surface area contributed by atoms with Crippen LogP contribution >= 0.6 is 23.4 Å². The number of rotatable bonds is 7. The van der Waals surface area contributed by atoms with Crippen LogP contribution in [0.5, 0.6) is 0 Å². The number of esters is 1. The van der Waals surface area contributed by atoms with E-state index in [0.717, 1.165) is 6.07 Å². The molecule has 1 aromatic carbocycles. The van der Waals surface area contributed by atoms with Crippen LogP contribution in [0.3, 0.4) is 0 Å². The normalized spacial score (nSPS) is 11.9. The average Bonchev–Trinajstić information content (AvgIpc) is 2.48. The number of hydrogen-bond donors (Lipinski definition) is 1. The molecule has 0 saturated heterocycles. The van der Waals surface area contributed by atoms with Gasteiger partial charge in [-0.15, -0.1) is 11.8 Å². The van der Waals surface area contributed by atoms with E-state index in [1.54, 1.807) is 13.8 Å². The molecule has 0 aliphatic heterocycles. The lowest BCUT2D eigenvalue weighted by Crippen LogP contribution is -2.19. The number of anilines is 1. The van der Waals surface area contributed by atoms with Gasteiger partial charge in [0.15, 0.2) is 0 Å². The van der Waals surface area contributed by atoms with Crippen molar-refractivity contribution < 1.29 is 18.7 Å².